The molecule has 2 aromatic carbocycles. The minimum absolute atomic E-state index is 0.194. The molecule has 6 heteroatoms. The van der Waals surface area contributed by atoms with Crippen molar-refractivity contribution >= 4 is 11.6 Å². The molecule has 0 atom stereocenters. The van der Waals surface area contributed by atoms with Gasteiger partial charge in [-0.05, 0) is 24.3 Å². The quantitative estimate of drug-likeness (QED) is 0.518. The molecule has 0 aromatic heterocycles. The topological polar surface area (TPSA) is 61.5 Å². The molecule has 0 aliphatic carbocycles. The van der Waals surface area contributed by atoms with E-state index in [1.807, 2.05) is 12.1 Å². The molecule has 2 aliphatic heterocycles. The van der Waals surface area contributed by atoms with Crippen molar-refractivity contribution < 1.29 is 19.7 Å². The Morgan fingerprint density at radius 2 is 1.60 bits per heavy atom. The van der Waals surface area contributed by atoms with E-state index in [2.05, 4.69) is 40.5 Å². The van der Waals surface area contributed by atoms with E-state index in [1.165, 1.54) is 10.5 Å². The van der Waals surface area contributed by atoms with E-state index in [-0.39, 0.29) is 5.91 Å². The van der Waals surface area contributed by atoms with Crippen LogP contribution in [0.15, 0.2) is 54.6 Å². The van der Waals surface area contributed by atoms with Crippen LogP contribution in [0.1, 0.15) is 18.4 Å². The smallest absolute Gasteiger partial charge is 0.275 e. The van der Waals surface area contributed by atoms with Gasteiger partial charge in [-0.25, -0.2) is 0 Å². The number of anilines is 1. The normalized spacial score (nSPS) is 22.6. The number of likely N-dealkylation sites (tertiary alicyclic amines) is 1. The van der Waals surface area contributed by atoms with Gasteiger partial charge in [-0.3, -0.25) is 4.79 Å². The van der Waals surface area contributed by atoms with E-state index < -0.39 is 0 Å². The number of amides is 1. The monoisotopic (exact) mass is 410 g/mol. The molecular weight excluding hydrogens is 376 g/mol. The van der Waals surface area contributed by atoms with Gasteiger partial charge in [0.2, 0.25) is 0 Å². The molecule has 0 saturated carbocycles. The van der Waals surface area contributed by atoms with Crippen LogP contribution in [0, 0.1) is 0 Å². The lowest BCUT2D eigenvalue weighted by Gasteiger charge is -2.34. The number of piperazine rings is 1. The summed E-state index contributed by atoms with van der Waals surface area (Å²) in [5.41, 5.74) is 2.53. The van der Waals surface area contributed by atoms with Gasteiger partial charge in [0.05, 0.1) is 39.3 Å². The van der Waals surface area contributed by atoms with Crippen LogP contribution >= 0.6 is 0 Å². The van der Waals surface area contributed by atoms with E-state index in [9.17, 15) is 9.90 Å². The predicted molar refractivity (Wildman–Crippen MR) is 118 cm³/mol. The van der Waals surface area contributed by atoms with Crippen molar-refractivity contribution in [2.45, 2.75) is 25.4 Å². The van der Waals surface area contributed by atoms with Gasteiger partial charge in [0.25, 0.3) is 5.91 Å². The molecule has 2 fully saturated rings. The Morgan fingerprint density at radius 1 is 0.933 bits per heavy atom. The van der Waals surface area contributed by atoms with Crippen molar-refractivity contribution in [3.05, 3.63) is 60.2 Å². The second-order valence-electron chi connectivity index (χ2n) is 8.68. The number of rotatable bonds is 6. The molecule has 1 amide bonds. The molecular formula is C24H34N4O2+2. The fraction of sp³-hybridized carbons (Fsp3) is 0.458. The maximum absolute atomic E-state index is 12.6. The van der Waals surface area contributed by atoms with Gasteiger partial charge >= 0.3 is 0 Å². The molecule has 0 unspecified atom stereocenters. The maximum atomic E-state index is 12.6. The van der Waals surface area contributed by atoms with Crippen molar-refractivity contribution in [3.8, 4) is 5.75 Å². The number of phenolic OH excluding ortho intramolecular Hbond substituents is 1. The van der Waals surface area contributed by atoms with Gasteiger partial charge in [0, 0.05) is 30.1 Å². The maximum Gasteiger partial charge on any atom is 0.275 e. The van der Waals surface area contributed by atoms with Crippen LogP contribution < -0.4 is 20.0 Å². The van der Waals surface area contributed by atoms with Crippen LogP contribution in [0.5, 0.6) is 5.75 Å². The van der Waals surface area contributed by atoms with Crippen molar-refractivity contribution in [2.24, 2.45) is 0 Å². The molecule has 2 saturated heterocycles. The molecule has 0 bridgehead atoms. The number of nitrogens with zero attached hydrogens (tertiary/aromatic N) is 1. The fourth-order valence-corrected chi connectivity index (χ4v) is 4.66. The second-order valence-corrected chi connectivity index (χ2v) is 8.68. The Kier molecular flexibility index (Phi) is 6.87. The molecule has 2 aliphatic rings. The Labute approximate surface area is 179 Å². The summed E-state index contributed by atoms with van der Waals surface area (Å²) in [6.07, 6.45) is 2.13. The van der Waals surface area contributed by atoms with Crippen LogP contribution in [0.2, 0.25) is 0 Å². The molecule has 160 valence electrons. The lowest BCUT2D eigenvalue weighted by molar-refractivity contribution is -0.918. The minimum atomic E-state index is 0.194. The predicted octanol–water partition coefficient (Wildman–Crippen LogP) is -0.539. The number of piperidine rings is 1. The molecule has 0 spiro atoms. The van der Waals surface area contributed by atoms with Gasteiger partial charge in [-0.2, -0.15) is 0 Å². The number of carbonyl (C=O) groups excluding carboxylic acids is 1. The first-order valence-corrected chi connectivity index (χ1v) is 11.2. The Morgan fingerprint density at radius 3 is 2.27 bits per heavy atom. The summed E-state index contributed by atoms with van der Waals surface area (Å²) in [4.78, 5) is 17.9. The first-order chi connectivity index (χ1) is 14.7. The standard InChI is InChI=1S/C24H32N4O2/c29-23-8-6-22(7-9-23)28-16-14-27(15-17-28)19-24(30)25-21-10-12-26(13-11-21)18-20-4-2-1-3-5-20/h1-9,21,29H,10-19H2,(H,25,30)/p+2. The summed E-state index contributed by atoms with van der Waals surface area (Å²) in [7, 11) is 0. The Balaban J connectivity index is 1.15. The van der Waals surface area contributed by atoms with Crippen molar-refractivity contribution in [1.82, 2.24) is 5.32 Å². The number of carbonyl (C=O) groups is 1. The molecule has 4 rings (SSSR count). The summed E-state index contributed by atoms with van der Waals surface area (Å²) in [5.74, 6) is 0.492. The van der Waals surface area contributed by atoms with Crippen LogP contribution in [0.25, 0.3) is 0 Å². The third-order valence-corrected chi connectivity index (χ3v) is 6.45. The molecule has 2 heterocycles. The van der Waals surface area contributed by atoms with Gasteiger partial charge in [-0.1, -0.05) is 30.3 Å². The summed E-state index contributed by atoms with van der Waals surface area (Å²) < 4.78 is 0. The van der Waals surface area contributed by atoms with Gasteiger partial charge in [0.15, 0.2) is 6.54 Å². The van der Waals surface area contributed by atoms with Crippen molar-refractivity contribution in [3.63, 3.8) is 0 Å². The number of nitrogens with one attached hydrogen (secondary N) is 3. The summed E-state index contributed by atoms with van der Waals surface area (Å²) in [6.45, 7) is 7.71. The Hall–Kier alpha value is -2.57. The first-order valence-electron chi connectivity index (χ1n) is 11.2. The third kappa shape index (κ3) is 5.74. The van der Waals surface area contributed by atoms with Crippen molar-refractivity contribution in [1.29, 1.82) is 0 Å². The van der Waals surface area contributed by atoms with Gasteiger partial charge < -0.3 is 25.1 Å². The zero-order valence-electron chi connectivity index (χ0n) is 17.6. The highest BCUT2D eigenvalue weighted by Gasteiger charge is 2.26. The highest BCUT2D eigenvalue weighted by atomic mass is 16.3. The average Bonchev–Trinajstić information content (AvgIpc) is 2.77. The van der Waals surface area contributed by atoms with Gasteiger partial charge in [0.1, 0.15) is 12.3 Å². The van der Waals surface area contributed by atoms with E-state index >= 15 is 0 Å². The van der Waals surface area contributed by atoms with E-state index in [0.29, 0.717) is 18.3 Å². The van der Waals surface area contributed by atoms with Gasteiger partial charge in [-0.15, -0.1) is 0 Å². The summed E-state index contributed by atoms with van der Waals surface area (Å²) in [6, 6.07) is 18.4. The number of hydrogen-bond acceptors (Lipinski definition) is 3. The van der Waals surface area contributed by atoms with Crippen molar-refractivity contribution in [2.75, 3.05) is 50.7 Å². The lowest BCUT2D eigenvalue weighted by atomic mass is 10.0. The molecule has 30 heavy (non-hydrogen) atoms. The van der Waals surface area contributed by atoms with E-state index in [4.69, 9.17) is 0 Å². The molecule has 0 radical (unpaired) electrons. The second kappa shape index (κ2) is 9.96. The number of phenols is 1. The first kappa shape index (κ1) is 20.7. The van der Waals surface area contributed by atoms with Crippen LogP contribution in [0.3, 0.4) is 0 Å². The minimum Gasteiger partial charge on any atom is -0.508 e. The molecule has 2 aromatic rings. The lowest BCUT2D eigenvalue weighted by Crippen LogP contribution is -3.16. The number of benzene rings is 2. The molecule has 6 nitrogen and oxygen atoms in total. The van der Waals surface area contributed by atoms with E-state index in [0.717, 1.165) is 64.3 Å². The summed E-state index contributed by atoms with van der Waals surface area (Å²) >= 11 is 0. The van der Waals surface area contributed by atoms with Crippen LogP contribution in [0.4, 0.5) is 5.69 Å². The zero-order valence-corrected chi connectivity index (χ0v) is 17.6. The third-order valence-electron chi connectivity index (χ3n) is 6.45. The fourth-order valence-electron chi connectivity index (χ4n) is 4.66. The highest BCUT2D eigenvalue weighted by molar-refractivity contribution is 5.77. The number of quaternary nitrogens is 2. The molecule has 4 N–H and O–H groups in total. The van der Waals surface area contributed by atoms with Crippen LogP contribution in [-0.4, -0.2) is 62.9 Å². The largest absolute Gasteiger partial charge is 0.508 e. The number of aromatic hydroxyl groups is 1. The number of hydrogen-bond donors (Lipinski definition) is 4. The zero-order chi connectivity index (χ0) is 20.8. The average molecular weight is 411 g/mol. The SMILES string of the molecule is O=C(C[NH+]1CCN(c2ccc(O)cc2)CC1)NC1CC[NH+](Cc2ccccc2)CC1. The Bertz CT molecular complexity index is 796. The summed E-state index contributed by atoms with van der Waals surface area (Å²) in [5, 5.41) is 12.7. The van der Waals surface area contributed by atoms with E-state index in [1.54, 1.807) is 17.0 Å². The van der Waals surface area contributed by atoms with Crippen LogP contribution in [-0.2, 0) is 11.3 Å². The highest BCUT2D eigenvalue weighted by Crippen LogP contribution is 2.18.